The first-order valence-corrected chi connectivity index (χ1v) is 10.9. The quantitative estimate of drug-likeness (QED) is 0.508. The van der Waals surface area contributed by atoms with Crippen LogP contribution < -0.4 is 4.90 Å². The van der Waals surface area contributed by atoms with E-state index in [1.54, 1.807) is 6.26 Å². The van der Waals surface area contributed by atoms with Crippen LogP contribution in [0.1, 0.15) is 43.5 Å². The molecule has 0 spiro atoms. The lowest BCUT2D eigenvalue weighted by Crippen LogP contribution is -2.48. The largest absolute Gasteiger partial charge is 0.467 e. The fourth-order valence-electron chi connectivity index (χ4n) is 4.18. The third kappa shape index (κ3) is 5.59. The Morgan fingerprint density at radius 3 is 2.58 bits per heavy atom. The number of halogens is 2. The van der Waals surface area contributed by atoms with Crippen LogP contribution in [0.4, 0.5) is 5.69 Å². The monoisotopic (exact) mass is 464 g/mol. The number of hydrogen-bond donors (Lipinski definition) is 0. The molecule has 0 aliphatic carbocycles. The van der Waals surface area contributed by atoms with Crippen molar-refractivity contribution in [2.24, 2.45) is 5.92 Å². The molecule has 168 valence electrons. The smallest absolute Gasteiger partial charge is 0.168 e. The number of furan rings is 1. The summed E-state index contributed by atoms with van der Waals surface area (Å²) >= 11 is 6.25. The Morgan fingerprint density at radius 1 is 1.13 bits per heavy atom. The van der Waals surface area contributed by atoms with Crippen molar-refractivity contribution in [1.82, 2.24) is 25.1 Å². The zero-order chi connectivity index (χ0) is 21.1. The van der Waals surface area contributed by atoms with Crippen LogP contribution in [-0.4, -0.2) is 51.3 Å². The molecule has 1 aliphatic heterocycles. The van der Waals surface area contributed by atoms with Gasteiger partial charge in [-0.3, -0.25) is 4.90 Å². The second-order valence-corrected chi connectivity index (χ2v) is 8.81. The minimum absolute atomic E-state index is 0. The van der Waals surface area contributed by atoms with Gasteiger partial charge >= 0.3 is 0 Å². The molecule has 1 fully saturated rings. The highest BCUT2D eigenvalue weighted by atomic mass is 35.5. The number of piperazine rings is 1. The molecule has 1 atom stereocenters. The van der Waals surface area contributed by atoms with Gasteiger partial charge in [-0.15, -0.1) is 17.5 Å². The van der Waals surface area contributed by atoms with E-state index in [-0.39, 0.29) is 18.4 Å². The average Bonchev–Trinajstić information content (AvgIpc) is 3.41. The first kappa shape index (κ1) is 23.6. The van der Waals surface area contributed by atoms with E-state index >= 15 is 0 Å². The van der Waals surface area contributed by atoms with Gasteiger partial charge < -0.3 is 9.32 Å². The molecule has 31 heavy (non-hydrogen) atoms. The van der Waals surface area contributed by atoms with E-state index in [0.717, 1.165) is 49.2 Å². The van der Waals surface area contributed by atoms with Gasteiger partial charge in [-0.2, -0.15) is 0 Å². The van der Waals surface area contributed by atoms with Crippen LogP contribution in [0.5, 0.6) is 0 Å². The number of aryl methyl sites for hydroxylation is 1. The standard InChI is InChI=1S/C22H29ClN6O.ClH/c1-16(2)13-21(22-24-25-26-29(22)15-19-5-4-12-30-19)28-10-8-27(9-11-28)20-14-18(23)7-6-17(20)3;/h4-7,12,14,16,21H,8-11,13,15H2,1-3H3;1H. The summed E-state index contributed by atoms with van der Waals surface area (Å²) in [7, 11) is 0. The molecule has 1 aliphatic rings. The summed E-state index contributed by atoms with van der Waals surface area (Å²) in [6.07, 6.45) is 2.69. The summed E-state index contributed by atoms with van der Waals surface area (Å²) in [4.78, 5) is 4.94. The van der Waals surface area contributed by atoms with Crippen molar-refractivity contribution in [3.63, 3.8) is 0 Å². The summed E-state index contributed by atoms with van der Waals surface area (Å²) in [5, 5.41) is 13.4. The highest BCUT2D eigenvalue weighted by molar-refractivity contribution is 6.30. The van der Waals surface area contributed by atoms with Crippen LogP contribution in [0.15, 0.2) is 41.0 Å². The Morgan fingerprint density at radius 2 is 1.90 bits per heavy atom. The van der Waals surface area contributed by atoms with Crippen LogP contribution in [0.2, 0.25) is 5.02 Å². The fourth-order valence-corrected chi connectivity index (χ4v) is 4.34. The Labute approximate surface area is 194 Å². The van der Waals surface area contributed by atoms with Crippen LogP contribution >= 0.6 is 24.0 Å². The minimum Gasteiger partial charge on any atom is -0.467 e. The van der Waals surface area contributed by atoms with E-state index in [1.807, 2.05) is 22.9 Å². The summed E-state index contributed by atoms with van der Waals surface area (Å²) in [5.41, 5.74) is 2.49. The number of anilines is 1. The average molecular weight is 465 g/mol. The molecule has 7 nitrogen and oxygen atoms in total. The van der Waals surface area contributed by atoms with Crippen molar-refractivity contribution in [1.29, 1.82) is 0 Å². The molecule has 0 saturated carbocycles. The third-order valence-corrected chi connectivity index (χ3v) is 5.94. The number of aromatic nitrogens is 4. The maximum atomic E-state index is 6.25. The van der Waals surface area contributed by atoms with E-state index in [4.69, 9.17) is 16.0 Å². The molecular formula is C22H30Cl2N6O. The van der Waals surface area contributed by atoms with Gasteiger partial charge in [0, 0.05) is 36.9 Å². The van der Waals surface area contributed by atoms with E-state index < -0.39 is 0 Å². The second kappa shape index (κ2) is 10.5. The lowest BCUT2D eigenvalue weighted by atomic mass is 10.0. The Balaban J connectivity index is 0.00000272. The fraction of sp³-hybridized carbons (Fsp3) is 0.500. The number of hydrogen-bond acceptors (Lipinski definition) is 6. The molecule has 0 N–H and O–H groups in total. The Kier molecular flexibility index (Phi) is 7.97. The van der Waals surface area contributed by atoms with Gasteiger partial charge in [-0.05, 0) is 59.5 Å². The number of benzene rings is 1. The molecule has 3 heterocycles. The van der Waals surface area contributed by atoms with Gasteiger partial charge in [0.15, 0.2) is 5.82 Å². The molecule has 4 rings (SSSR count). The van der Waals surface area contributed by atoms with E-state index in [2.05, 4.69) is 58.2 Å². The molecule has 0 amide bonds. The number of tetrazole rings is 1. The summed E-state index contributed by atoms with van der Waals surface area (Å²) in [5.74, 6) is 2.30. The molecule has 1 saturated heterocycles. The first-order valence-electron chi connectivity index (χ1n) is 10.5. The van der Waals surface area contributed by atoms with Crippen molar-refractivity contribution in [3.8, 4) is 0 Å². The predicted molar refractivity (Wildman–Crippen MR) is 125 cm³/mol. The van der Waals surface area contributed by atoms with E-state index in [0.29, 0.717) is 12.5 Å². The van der Waals surface area contributed by atoms with Gasteiger partial charge in [-0.1, -0.05) is 31.5 Å². The van der Waals surface area contributed by atoms with Gasteiger partial charge in [0.05, 0.1) is 12.3 Å². The Bertz CT molecular complexity index is 951. The third-order valence-electron chi connectivity index (χ3n) is 5.70. The van der Waals surface area contributed by atoms with Crippen molar-refractivity contribution in [3.05, 3.63) is 58.8 Å². The second-order valence-electron chi connectivity index (χ2n) is 8.37. The van der Waals surface area contributed by atoms with Crippen molar-refractivity contribution < 1.29 is 4.42 Å². The van der Waals surface area contributed by atoms with Gasteiger partial charge in [0.1, 0.15) is 12.3 Å². The molecule has 0 bridgehead atoms. The molecule has 1 unspecified atom stereocenters. The zero-order valence-electron chi connectivity index (χ0n) is 18.2. The van der Waals surface area contributed by atoms with Gasteiger partial charge in [-0.25, -0.2) is 4.68 Å². The molecule has 0 radical (unpaired) electrons. The highest BCUT2D eigenvalue weighted by Gasteiger charge is 2.30. The van der Waals surface area contributed by atoms with Crippen molar-refractivity contribution in [2.75, 3.05) is 31.1 Å². The predicted octanol–water partition coefficient (Wildman–Crippen LogP) is 4.61. The maximum Gasteiger partial charge on any atom is 0.168 e. The zero-order valence-corrected chi connectivity index (χ0v) is 19.8. The lowest BCUT2D eigenvalue weighted by Gasteiger charge is -2.40. The highest BCUT2D eigenvalue weighted by Crippen LogP contribution is 2.30. The molecule has 3 aromatic rings. The molecule has 9 heteroatoms. The van der Waals surface area contributed by atoms with Crippen LogP contribution in [0.25, 0.3) is 0 Å². The van der Waals surface area contributed by atoms with Crippen molar-refractivity contribution >= 4 is 29.7 Å². The van der Waals surface area contributed by atoms with E-state index in [9.17, 15) is 0 Å². The van der Waals surface area contributed by atoms with Gasteiger partial charge in [0.2, 0.25) is 0 Å². The normalized spacial score (nSPS) is 15.8. The molecule has 1 aromatic carbocycles. The SMILES string of the molecule is Cc1ccc(Cl)cc1N1CCN(C(CC(C)C)c2nnnn2Cc2ccco2)CC1.Cl. The summed E-state index contributed by atoms with van der Waals surface area (Å²) in [6.45, 7) is 11.0. The first-order chi connectivity index (χ1) is 14.5. The number of nitrogens with zero attached hydrogens (tertiary/aromatic N) is 6. The lowest BCUT2D eigenvalue weighted by molar-refractivity contribution is 0.153. The summed E-state index contributed by atoms with van der Waals surface area (Å²) in [6, 6.07) is 10.1. The van der Waals surface area contributed by atoms with Gasteiger partial charge in [0.25, 0.3) is 0 Å². The van der Waals surface area contributed by atoms with E-state index in [1.165, 1.54) is 11.3 Å². The van der Waals surface area contributed by atoms with Crippen LogP contribution in [0, 0.1) is 12.8 Å². The summed E-state index contributed by atoms with van der Waals surface area (Å²) < 4.78 is 7.38. The maximum absolute atomic E-state index is 6.25. The minimum atomic E-state index is 0. The van der Waals surface area contributed by atoms with Crippen LogP contribution in [0.3, 0.4) is 0 Å². The molecular weight excluding hydrogens is 435 g/mol. The van der Waals surface area contributed by atoms with Crippen molar-refractivity contribution in [2.45, 2.75) is 39.8 Å². The number of rotatable bonds is 7. The Hall–Kier alpha value is -2.09. The topological polar surface area (TPSA) is 63.2 Å². The molecule has 2 aromatic heterocycles. The van der Waals surface area contributed by atoms with Crippen LogP contribution in [-0.2, 0) is 6.54 Å².